The summed E-state index contributed by atoms with van der Waals surface area (Å²) in [5.74, 6) is 0.591. The lowest BCUT2D eigenvalue weighted by atomic mass is 9.94. The highest BCUT2D eigenvalue weighted by atomic mass is 16.7. The van der Waals surface area contributed by atoms with Crippen LogP contribution in [0.15, 0.2) is 0 Å². The Bertz CT molecular complexity index is 376. The van der Waals surface area contributed by atoms with Crippen molar-refractivity contribution in [1.82, 2.24) is 0 Å². The smallest absolute Gasteiger partial charge is 0.160 e. The van der Waals surface area contributed by atoms with Gasteiger partial charge in [0.25, 0.3) is 0 Å². The Morgan fingerprint density at radius 1 is 0.677 bits per heavy atom. The molecular formula is C27H54O4. The van der Waals surface area contributed by atoms with Gasteiger partial charge in [0.05, 0.1) is 19.3 Å². The highest BCUT2D eigenvalue weighted by Crippen LogP contribution is 2.22. The summed E-state index contributed by atoms with van der Waals surface area (Å²) in [6.45, 7) is 5.44. The second-order valence-corrected chi connectivity index (χ2v) is 9.86. The molecule has 3 unspecified atom stereocenters. The predicted molar refractivity (Wildman–Crippen MR) is 130 cm³/mol. The van der Waals surface area contributed by atoms with E-state index in [4.69, 9.17) is 9.47 Å². The van der Waals surface area contributed by atoms with E-state index in [1.807, 2.05) is 0 Å². The molecule has 1 rings (SSSR count). The van der Waals surface area contributed by atoms with Crippen LogP contribution in [0.1, 0.15) is 136 Å². The topological polar surface area (TPSA) is 58.9 Å². The maximum atomic E-state index is 9.85. The Hall–Kier alpha value is -0.160. The quantitative estimate of drug-likeness (QED) is 0.185. The zero-order valence-corrected chi connectivity index (χ0v) is 20.9. The van der Waals surface area contributed by atoms with E-state index in [2.05, 4.69) is 13.8 Å². The van der Waals surface area contributed by atoms with Gasteiger partial charge in [0, 0.05) is 6.42 Å². The second kappa shape index (κ2) is 20.4. The van der Waals surface area contributed by atoms with Crippen LogP contribution in [0.3, 0.4) is 0 Å². The number of aliphatic hydroxyl groups excluding tert-OH is 2. The van der Waals surface area contributed by atoms with Gasteiger partial charge in [-0.1, -0.05) is 117 Å². The molecule has 0 aromatic rings. The number of ether oxygens (including phenoxy) is 2. The van der Waals surface area contributed by atoms with Crippen molar-refractivity contribution in [1.29, 1.82) is 0 Å². The first kappa shape index (κ1) is 28.9. The molecule has 4 nitrogen and oxygen atoms in total. The number of rotatable bonds is 21. The van der Waals surface area contributed by atoms with Crippen molar-refractivity contribution in [2.45, 2.75) is 154 Å². The lowest BCUT2D eigenvalue weighted by molar-refractivity contribution is -0.220. The van der Waals surface area contributed by atoms with Gasteiger partial charge in [-0.2, -0.15) is 0 Å². The summed E-state index contributed by atoms with van der Waals surface area (Å²) in [5, 5.41) is 19.5. The lowest BCUT2D eigenvalue weighted by Crippen LogP contribution is -2.42. The van der Waals surface area contributed by atoms with Gasteiger partial charge < -0.3 is 19.7 Å². The SMILES string of the molecule is CCCCCCCCCCCCC(CCCCCCCC)COC1C[C@@H](O)C(O)CO1. The summed E-state index contributed by atoms with van der Waals surface area (Å²) < 4.78 is 11.6. The molecule has 1 heterocycles. The van der Waals surface area contributed by atoms with Crippen LogP contribution in [0, 0.1) is 5.92 Å². The Labute approximate surface area is 193 Å². The fraction of sp³-hybridized carbons (Fsp3) is 1.00. The average Bonchev–Trinajstić information content (AvgIpc) is 2.77. The molecule has 0 amide bonds. The maximum Gasteiger partial charge on any atom is 0.160 e. The molecule has 0 bridgehead atoms. The lowest BCUT2D eigenvalue weighted by Gasteiger charge is -2.31. The van der Waals surface area contributed by atoms with Crippen LogP contribution < -0.4 is 0 Å². The predicted octanol–water partition coefficient (Wildman–Crippen LogP) is 7.15. The summed E-state index contributed by atoms with van der Waals surface area (Å²) in [6, 6.07) is 0. The van der Waals surface area contributed by atoms with E-state index in [1.165, 1.54) is 116 Å². The zero-order valence-electron chi connectivity index (χ0n) is 20.9. The van der Waals surface area contributed by atoms with Crippen molar-refractivity contribution in [3.63, 3.8) is 0 Å². The number of hydrogen-bond donors (Lipinski definition) is 2. The van der Waals surface area contributed by atoms with Gasteiger partial charge in [-0.3, -0.25) is 0 Å². The summed E-state index contributed by atoms with van der Waals surface area (Å²) >= 11 is 0. The molecule has 0 aromatic heterocycles. The molecule has 2 N–H and O–H groups in total. The highest BCUT2D eigenvalue weighted by molar-refractivity contribution is 4.74. The zero-order chi connectivity index (χ0) is 22.6. The molecule has 1 aliphatic rings. The fourth-order valence-corrected chi connectivity index (χ4v) is 4.54. The van der Waals surface area contributed by atoms with E-state index < -0.39 is 12.2 Å². The number of unbranched alkanes of at least 4 members (excludes halogenated alkanes) is 14. The van der Waals surface area contributed by atoms with E-state index in [1.54, 1.807) is 0 Å². The van der Waals surface area contributed by atoms with E-state index in [0.29, 0.717) is 12.3 Å². The van der Waals surface area contributed by atoms with Crippen LogP contribution >= 0.6 is 0 Å². The van der Waals surface area contributed by atoms with Crippen LogP contribution in [0.25, 0.3) is 0 Å². The van der Waals surface area contributed by atoms with Crippen molar-refractivity contribution in [3.05, 3.63) is 0 Å². The van der Waals surface area contributed by atoms with Gasteiger partial charge in [-0.05, 0) is 18.8 Å². The van der Waals surface area contributed by atoms with Crippen LogP contribution in [0.5, 0.6) is 0 Å². The molecule has 0 spiro atoms. The molecule has 4 heteroatoms. The highest BCUT2D eigenvalue weighted by Gasteiger charge is 2.29. The molecule has 0 saturated carbocycles. The van der Waals surface area contributed by atoms with Crippen LogP contribution in [-0.2, 0) is 9.47 Å². The second-order valence-electron chi connectivity index (χ2n) is 9.86. The van der Waals surface area contributed by atoms with E-state index in [0.717, 1.165) is 6.61 Å². The Kier molecular flexibility index (Phi) is 19.0. The third-order valence-corrected chi connectivity index (χ3v) is 6.78. The van der Waals surface area contributed by atoms with Gasteiger partial charge in [-0.25, -0.2) is 0 Å². The first-order valence-corrected chi connectivity index (χ1v) is 13.8. The van der Waals surface area contributed by atoms with Crippen molar-refractivity contribution in [2.75, 3.05) is 13.2 Å². The normalized spacial score (nSPS) is 22.6. The Morgan fingerprint density at radius 2 is 1.13 bits per heavy atom. The molecule has 186 valence electrons. The largest absolute Gasteiger partial charge is 0.390 e. The van der Waals surface area contributed by atoms with Gasteiger partial charge >= 0.3 is 0 Å². The van der Waals surface area contributed by atoms with Crippen molar-refractivity contribution >= 4 is 0 Å². The van der Waals surface area contributed by atoms with E-state index in [9.17, 15) is 10.2 Å². The third-order valence-electron chi connectivity index (χ3n) is 6.78. The van der Waals surface area contributed by atoms with Crippen LogP contribution in [-0.4, -0.2) is 41.9 Å². The molecule has 1 aliphatic heterocycles. The van der Waals surface area contributed by atoms with Crippen LogP contribution in [0.2, 0.25) is 0 Å². The Balaban J connectivity index is 2.17. The van der Waals surface area contributed by atoms with E-state index >= 15 is 0 Å². The standard InChI is InChI=1S/C27H54O4/c1-3-5-7-9-11-12-13-14-16-18-20-24(19-17-15-10-8-6-4-2)22-30-27-21-25(28)26(29)23-31-27/h24-29H,3-23H2,1-2H3/t24?,25-,26?,27?/m1/s1. The van der Waals surface area contributed by atoms with E-state index in [-0.39, 0.29) is 12.9 Å². The molecule has 1 saturated heterocycles. The summed E-state index contributed by atoms with van der Waals surface area (Å²) in [5.41, 5.74) is 0. The third kappa shape index (κ3) is 16.2. The first-order valence-electron chi connectivity index (χ1n) is 13.8. The number of hydrogen-bond acceptors (Lipinski definition) is 4. The summed E-state index contributed by atoms with van der Waals surface area (Å²) in [7, 11) is 0. The van der Waals surface area contributed by atoms with Gasteiger partial charge in [-0.15, -0.1) is 0 Å². The van der Waals surface area contributed by atoms with Crippen molar-refractivity contribution in [2.24, 2.45) is 5.92 Å². The van der Waals surface area contributed by atoms with Gasteiger partial charge in [0.1, 0.15) is 6.10 Å². The minimum absolute atomic E-state index is 0.173. The summed E-state index contributed by atoms with van der Waals surface area (Å²) in [4.78, 5) is 0. The van der Waals surface area contributed by atoms with Crippen molar-refractivity contribution in [3.8, 4) is 0 Å². The minimum Gasteiger partial charge on any atom is -0.390 e. The molecular weight excluding hydrogens is 388 g/mol. The molecule has 31 heavy (non-hydrogen) atoms. The van der Waals surface area contributed by atoms with Crippen molar-refractivity contribution < 1.29 is 19.7 Å². The molecule has 0 aromatic carbocycles. The fourth-order valence-electron chi connectivity index (χ4n) is 4.54. The van der Waals surface area contributed by atoms with Gasteiger partial charge in [0.2, 0.25) is 0 Å². The van der Waals surface area contributed by atoms with Gasteiger partial charge in [0.15, 0.2) is 6.29 Å². The Morgan fingerprint density at radius 3 is 1.58 bits per heavy atom. The number of aliphatic hydroxyl groups is 2. The molecule has 0 aliphatic carbocycles. The monoisotopic (exact) mass is 442 g/mol. The minimum atomic E-state index is -0.773. The summed E-state index contributed by atoms with van der Waals surface area (Å²) in [6.07, 6.45) is 22.8. The maximum absolute atomic E-state index is 9.85. The molecule has 1 fully saturated rings. The first-order chi connectivity index (χ1) is 15.2. The average molecular weight is 443 g/mol. The van der Waals surface area contributed by atoms with Crippen LogP contribution in [0.4, 0.5) is 0 Å². The molecule has 0 radical (unpaired) electrons. The molecule has 4 atom stereocenters.